The van der Waals surface area contributed by atoms with Crippen LogP contribution in [0.2, 0.25) is 0 Å². The van der Waals surface area contributed by atoms with Gasteiger partial charge in [0.15, 0.2) is 0 Å². The maximum absolute atomic E-state index is 11.9. The highest BCUT2D eigenvalue weighted by Crippen LogP contribution is 2.09. The maximum atomic E-state index is 11.9. The summed E-state index contributed by atoms with van der Waals surface area (Å²) in [5.74, 6) is -0.255. The molecule has 0 bridgehead atoms. The van der Waals surface area contributed by atoms with Gasteiger partial charge in [-0.15, -0.1) is 0 Å². The van der Waals surface area contributed by atoms with Crippen molar-refractivity contribution in [3.63, 3.8) is 0 Å². The summed E-state index contributed by atoms with van der Waals surface area (Å²) >= 11 is 0. The number of hydrogen-bond acceptors (Lipinski definition) is 4. The van der Waals surface area contributed by atoms with Crippen molar-refractivity contribution in [2.24, 2.45) is 0 Å². The summed E-state index contributed by atoms with van der Waals surface area (Å²) in [7, 11) is 1.29. The highest BCUT2D eigenvalue weighted by atomic mass is 16.5. The van der Waals surface area contributed by atoms with Gasteiger partial charge in [0.05, 0.1) is 13.5 Å². The van der Waals surface area contributed by atoms with Gasteiger partial charge < -0.3 is 15.4 Å². The van der Waals surface area contributed by atoms with E-state index in [-0.39, 0.29) is 18.2 Å². The van der Waals surface area contributed by atoms with Crippen molar-refractivity contribution >= 4 is 23.6 Å². The fourth-order valence-electron chi connectivity index (χ4n) is 2.32. The fraction of sp³-hybridized carbons (Fsp3) is 0.250. The van der Waals surface area contributed by atoms with Crippen LogP contribution in [-0.2, 0) is 27.3 Å². The standard InChI is InChI=1S/C20H23N3O4/c1-27-20(26)23-17-9-7-16(8-10-17)14-22-18(24)11-12-21-19(25)13-15-5-3-2-4-6-15/h2-10H,11-14H2,1H3,(H,21,25)(H,22,24)(H,23,26). The number of hydrogen-bond donors (Lipinski definition) is 3. The second-order valence-corrected chi connectivity index (χ2v) is 5.85. The summed E-state index contributed by atoms with van der Waals surface area (Å²) in [6, 6.07) is 16.5. The molecule has 142 valence electrons. The van der Waals surface area contributed by atoms with Crippen LogP contribution >= 0.6 is 0 Å². The number of amides is 3. The van der Waals surface area contributed by atoms with E-state index < -0.39 is 6.09 Å². The van der Waals surface area contributed by atoms with E-state index in [1.54, 1.807) is 24.3 Å². The molecule has 0 fully saturated rings. The third kappa shape index (κ3) is 7.60. The van der Waals surface area contributed by atoms with Crippen LogP contribution in [0.5, 0.6) is 0 Å². The van der Waals surface area contributed by atoms with Gasteiger partial charge in [-0.3, -0.25) is 14.9 Å². The first kappa shape index (κ1) is 20.0. The van der Waals surface area contributed by atoms with E-state index in [1.165, 1.54) is 7.11 Å². The predicted octanol–water partition coefficient (Wildman–Crippen LogP) is 2.23. The minimum absolute atomic E-state index is 0.109. The van der Waals surface area contributed by atoms with E-state index in [9.17, 15) is 14.4 Å². The molecule has 0 radical (unpaired) electrons. The van der Waals surface area contributed by atoms with Gasteiger partial charge in [0.1, 0.15) is 0 Å². The molecule has 3 N–H and O–H groups in total. The average Bonchev–Trinajstić information content (AvgIpc) is 2.68. The molecule has 3 amide bonds. The molecule has 0 spiro atoms. The lowest BCUT2D eigenvalue weighted by Crippen LogP contribution is -2.31. The van der Waals surface area contributed by atoms with E-state index >= 15 is 0 Å². The van der Waals surface area contributed by atoms with Crippen molar-refractivity contribution in [2.75, 3.05) is 19.0 Å². The van der Waals surface area contributed by atoms with Gasteiger partial charge >= 0.3 is 6.09 Å². The van der Waals surface area contributed by atoms with Crippen LogP contribution in [-0.4, -0.2) is 31.6 Å². The predicted molar refractivity (Wildman–Crippen MR) is 102 cm³/mol. The Balaban J connectivity index is 1.64. The number of anilines is 1. The van der Waals surface area contributed by atoms with Gasteiger partial charge in [0, 0.05) is 25.2 Å². The SMILES string of the molecule is COC(=O)Nc1ccc(CNC(=O)CCNC(=O)Cc2ccccc2)cc1. The van der Waals surface area contributed by atoms with Crippen molar-refractivity contribution in [1.82, 2.24) is 10.6 Å². The van der Waals surface area contributed by atoms with Gasteiger partial charge in [0.2, 0.25) is 11.8 Å². The average molecular weight is 369 g/mol. The second kappa shape index (κ2) is 10.6. The normalized spacial score (nSPS) is 9.96. The third-order valence-electron chi connectivity index (χ3n) is 3.76. The molecule has 27 heavy (non-hydrogen) atoms. The van der Waals surface area contributed by atoms with Crippen LogP contribution in [0.4, 0.5) is 10.5 Å². The molecule has 2 aromatic carbocycles. The molecule has 0 aliphatic carbocycles. The Morgan fingerprint density at radius 3 is 2.22 bits per heavy atom. The molecular weight excluding hydrogens is 346 g/mol. The minimum atomic E-state index is -0.537. The number of nitrogens with one attached hydrogen (secondary N) is 3. The molecule has 0 saturated heterocycles. The van der Waals surface area contributed by atoms with Crippen molar-refractivity contribution < 1.29 is 19.1 Å². The molecule has 0 aliphatic rings. The number of carbonyl (C=O) groups is 3. The molecule has 0 saturated carbocycles. The van der Waals surface area contributed by atoms with E-state index in [2.05, 4.69) is 20.7 Å². The number of benzene rings is 2. The smallest absolute Gasteiger partial charge is 0.411 e. The zero-order valence-electron chi connectivity index (χ0n) is 15.2. The largest absolute Gasteiger partial charge is 0.453 e. The first-order valence-electron chi connectivity index (χ1n) is 8.58. The zero-order valence-corrected chi connectivity index (χ0v) is 15.2. The summed E-state index contributed by atoms with van der Waals surface area (Å²) in [5.41, 5.74) is 2.44. The first-order valence-corrected chi connectivity index (χ1v) is 8.58. The summed E-state index contributed by atoms with van der Waals surface area (Å²) in [4.78, 5) is 34.8. The highest BCUT2D eigenvalue weighted by molar-refractivity contribution is 5.84. The Morgan fingerprint density at radius 2 is 1.56 bits per heavy atom. The van der Waals surface area contributed by atoms with Gasteiger partial charge in [-0.2, -0.15) is 0 Å². The lowest BCUT2D eigenvalue weighted by Gasteiger charge is -2.08. The Bertz CT molecular complexity index is 761. The quantitative estimate of drug-likeness (QED) is 0.665. The van der Waals surface area contributed by atoms with Gasteiger partial charge in [-0.25, -0.2) is 4.79 Å². The molecule has 0 aliphatic heterocycles. The Morgan fingerprint density at radius 1 is 0.852 bits per heavy atom. The molecule has 2 rings (SSSR count). The Kier molecular flexibility index (Phi) is 7.84. The van der Waals surface area contributed by atoms with Crippen LogP contribution in [0.3, 0.4) is 0 Å². The summed E-state index contributed by atoms with van der Waals surface area (Å²) < 4.78 is 4.51. The minimum Gasteiger partial charge on any atom is -0.453 e. The van der Waals surface area contributed by atoms with Gasteiger partial charge in [0.25, 0.3) is 0 Å². The van der Waals surface area contributed by atoms with Gasteiger partial charge in [-0.1, -0.05) is 42.5 Å². The Labute approximate surface area is 158 Å². The molecule has 0 heterocycles. The molecule has 7 heteroatoms. The molecule has 0 atom stereocenters. The second-order valence-electron chi connectivity index (χ2n) is 5.85. The fourth-order valence-corrected chi connectivity index (χ4v) is 2.32. The molecular formula is C20H23N3O4. The van der Waals surface area contributed by atoms with E-state index in [1.807, 2.05) is 30.3 Å². The molecule has 2 aromatic rings. The van der Waals surface area contributed by atoms with Crippen molar-refractivity contribution in [2.45, 2.75) is 19.4 Å². The van der Waals surface area contributed by atoms with Crippen LogP contribution in [0.25, 0.3) is 0 Å². The molecule has 7 nitrogen and oxygen atoms in total. The van der Waals surface area contributed by atoms with Crippen LogP contribution in [0.15, 0.2) is 54.6 Å². The summed E-state index contributed by atoms with van der Waals surface area (Å²) in [6.07, 6.45) is -0.0259. The van der Waals surface area contributed by atoms with E-state index in [4.69, 9.17) is 0 Å². The third-order valence-corrected chi connectivity index (χ3v) is 3.76. The van der Waals surface area contributed by atoms with E-state index in [0.717, 1.165) is 11.1 Å². The summed E-state index contributed by atoms with van der Waals surface area (Å²) in [6.45, 7) is 0.661. The topological polar surface area (TPSA) is 96.5 Å². The Hall–Kier alpha value is -3.35. The number of rotatable bonds is 8. The number of methoxy groups -OCH3 is 1. The van der Waals surface area contributed by atoms with Crippen molar-refractivity contribution in [3.05, 3.63) is 65.7 Å². The lowest BCUT2D eigenvalue weighted by atomic mass is 10.1. The molecule has 0 aromatic heterocycles. The van der Waals surface area contributed by atoms with E-state index in [0.29, 0.717) is 25.2 Å². The van der Waals surface area contributed by atoms with Crippen LogP contribution < -0.4 is 16.0 Å². The zero-order chi connectivity index (χ0) is 19.5. The maximum Gasteiger partial charge on any atom is 0.411 e. The lowest BCUT2D eigenvalue weighted by molar-refractivity contribution is -0.122. The first-order chi connectivity index (χ1) is 13.1. The highest BCUT2D eigenvalue weighted by Gasteiger charge is 2.06. The monoisotopic (exact) mass is 369 g/mol. The van der Waals surface area contributed by atoms with Crippen LogP contribution in [0.1, 0.15) is 17.5 Å². The number of ether oxygens (including phenoxy) is 1. The van der Waals surface area contributed by atoms with Gasteiger partial charge in [-0.05, 0) is 23.3 Å². The summed E-state index contributed by atoms with van der Waals surface area (Å²) in [5, 5.41) is 8.08. The van der Waals surface area contributed by atoms with Crippen LogP contribution in [0, 0.1) is 0 Å². The molecule has 0 unspecified atom stereocenters. The number of carbonyl (C=O) groups excluding carboxylic acids is 3. The van der Waals surface area contributed by atoms with Crippen molar-refractivity contribution in [1.29, 1.82) is 0 Å². The van der Waals surface area contributed by atoms with Crippen molar-refractivity contribution in [3.8, 4) is 0 Å².